The zero-order chi connectivity index (χ0) is 7.56. The van der Waals surface area contributed by atoms with Crippen LogP contribution in [0, 0.1) is 0 Å². The van der Waals surface area contributed by atoms with Crippen LogP contribution in [0.2, 0.25) is 0 Å². The van der Waals surface area contributed by atoms with Crippen molar-refractivity contribution >= 4 is 5.78 Å². The Morgan fingerprint density at radius 3 is 2.70 bits per heavy atom. The summed E-state index contributed by atoms with van der Waals surface area (Å²) in [6.45, 7) is 2.41. The van der Waals surface area contributed by atoms with Crippen molar-refractivity contribution in [1.29, 1.82) is 0 Å². The quantitative estimate of drug-likeness (QED) is 0.589. The van der Waals surface area contributed by atoms with Gasteiger partial charge in [0, 0.05) is 13.7 Å². The van der Waals surface area contributed by atoms with Crippen LogP contribution < -0.4 is 5.32 Å². The molecule has 1 aliphatic heterocycles. The largest absolute Gasteiger partial charge is 0.380 e. The number of ketones is 1. The number of nitrogens with one attached hydrogen (secondary N) is 1. The molecule has 1 unspecified atom stereocenters. The van der Waals surface area contributed by atoms with E-state index in [4.69, 9.17) is 4.74 Å². The molecule has 2 atom stereocenters. The molecule has 0 spiro atoms. The van der Waals surface area contributed by atoms with Crippen molar-refractivity contribution in [2.45, 2.75) is 25.5 Å². The van der Waals surface area contributed by atoms with Crippen LogP contribution in [0.3, 0.4) is 0 Å². The van der Waals surface area contributed by atoms with E-state index >= 15 is 0 Å². The molecule has 0 aromatic rings. The van der Waals surface area contributed by atoms with Gasteiger partial charge in [0.15, 0.2) is 0 Å². The maximum absolute atomic E-state index is 10.8. The van der Waals surface area contributed by atoms with Crippen LogP contribution in [0.5, 0.6) is 0 Å². The van der Waals surface area contributed by atoms with Crippen molar-refractivity contribution in [1.82, 2.24) is 5.32 Å². The van der Waals surface area contributed by atoms with E-state index in [1.165, 1.54) is 0 Å². The third-order valence-corrected chi connectivity index (χ3v) is 1.91. The average Bonchev–Trinajstić information content (AvgIpc) is 2.34. The summed E-state index contributed by atoms with van der Waals surface area (Å²) in [6, 6.07) is 0.0324. The first-order chi connectivity index (χ1) is 4.74. The topological polar surface area (TPSA) is 38.3 Å². The normalized spacial score (nSPS) is 32.6. The molecule has 0 aromatic carbocycles. The lowest BCUT2D eigenvalue weighted by molar-refractivity contribution is -0.118. The number of hydrogen-bond acceptors (Lipinski definition) is 3. The highest BCUT2D eigenvalue weighted by Crippen LogP contribution is 2.09. The smallest absolute Gasteiger partial charge is 0.146 e. The average molecular weight is 143 g/mol. The van der Waals surface area contributed by atoms with Gasteiger partial charge in [-0.1, -0.05) is 0 Å². The Labute approximate surface area is 60.7 Å². The molecule has 0 amide bonds. The van der Waals surface area contributed by atoms with Gasteiger partial charge in [-0.25, -0.2) is 0 Å². The lowest BCUT2D eigenvalue weighted by atomic mass is 10.1. The van der Waals surface area contributed by atoms with Gasteiger partial charge in [-0.05, 0) is 13.3 Å². The van der Waals surface area contributed by atoms with Gasteiger partial charge in [-0.3, -0.25) is 4.79 Å². The molecule has 0 bridgehead atoms. The zero-order valence-electron chi connectivity index (χ0n) is 6.39. The van der Waals surface area contributed by atoms with Gasteiger partial charge in [-0.2, -0.15) is 0 Å². The summed E-state index contributed by atoms with van der Waals surface area (Å²) in [4.78, 5) is 10.8. The maximum atomic E-state index is 10.8. The third-order valence-electron chi connectivity index (χ3n) is 1.91. The first-order valence-corrected chi connectivity index (χ1v) is 3.50. The fourth-order valence-electron chi connectivity index (χ4n) is 1.19. The molecule has 1 N–H and O–H groups in total. The Balaban J connectivity index is 2.35. The number of Topliss-reactive ketones (excluding diaryl/α,β-unsaturated/α-hetero) is 1. The van der Waals surface area contributed by atoms with Gasteiger partial charge in [0.25, 0.3) is 0 Å². The van der Waals surface area contributed by atoms with E-state index in [9.17, 15) is 4.79 Å². The highest BCUT2D eigenvalue weighted by molar-refractivity contribution is 5.81. The van der Waals surface area contributed by atoms with Crippen molar-refractivity contribution in [2.75, 3.05) is 13.7 Å². The highest BCUT2D eigenvalue weighted by Gasteiger charge is 2.26. The molecule has 0 radical (unpaired) electrons. The van der Waals surface area contributed by atoms with E-state index in [1.54, 1.807) is 14.0 Å². The lowest BCUT2D eigenvalue weighted by Crippen LogP contribution is -2.28. The van der Waals surface area contributed by atoms with Crippen molar-refractivity contribution in [3.05, 3.63) is 0 Å². The summed E-state index contributed by atoms with van der Waals surface area (Å²) in [6.07, 6.45) is 1.06. The lowest BCUT2D eigenvalue weighted by Gasteiger charge is -2.04. The van der Waals surface area contributed by atoms with Crippen LogP contribution in [0.15, 0.2) is 0 Å². The first kappa shape index (κ1) is 7.69. The third kappa shape index (κ3) is 1.55. The molecule has 1 aliphatic rings. The Hall–Kier alpha value is -0.410. The van der Waals surface area contributed by atoms with Crippen molar-refractivity contribution in [2.24, 2.45) is 0 Å². The Bertz CT molecular complexity index is 136. The van der Waals surface area contributed by atoms with Gasteiger partial charge in [0.05, 0.1) is 12.1 Å². The molecule has 3 heteroatoms. The SMILES string of the molecule is COC1CN[C@@H](C(C)=O)C1. The minimum Gasteiger partial charge on any atom is -0.380 e. The second kappa shape index (κ2) is 3.12. The van der Waals surface area contributed by atoms with E-state index < -0.39 is 0 Å². The summed E-state index contributed by atoms with van der Waals surface area (Å²) < 4.78 is 5.08. The van der Waals surface area contributed by atoms with Gasteiger partial charge in [0.1, 0.15) is 5.78 Å². The monoisotopic (exact) mass is 143 g/mol. The predicted molar refractivity (Wildman–Crippen MR) is 37.9 cm³/mol. The van der Waals surface area contributed by atoms with Crippen LogP contribution in [0.1, 0.15) is 13.3 Å². The molecular formula is C7H13NO2. The van der Waals surface area contributed by atoms with Crippen molar-refractivity contribution in [3.8, 4) is 0 Å². The zero-order valence-corrected chi connectivity index (χ0v) is 6.39. The molecule has 1 saturated heterocycles. The standard InChI is InChI=1S/C7H13NO2/c1-5(9)7-3-6(10-2)4-8-7/h6-8H,3-4H2,1-2H3/t6?,7-/m1/s1. The molecule has 1 rings (SSSR count). The van der Waals surface area contributed by atoms with Gasteiger partial charge >= 0.3 is 0 Å². The van der Waals surface area contributed by atoms with Gasteiger partial charge < -0.3 is 10.1 Å². The van der Waals surface area contributed by atoms with E-state index in [1.807, 2.05) is 0 Å². The molecule has 1 heterocycles. The maximum Gasteiger partial charge on any atom is 0.146 e. The number of hydrogen-bond donors (Lipinski definition) is 1. The Kier molecular flexibility index (Phi) is 2.40. The summed E-state index contributed by atoms with van der Waals surface area (Å²) >= 11 is 0. The van der Waals surface area contributed by atoms with Crippen LogP contribution >= 0.6 is 0 Å². The molecule has 0 aromatic heterocycles. The highest BCUT2D eigenvalue weighted by atomic mass is 16.5. The molecule has 1 fully saturated rings. The molecule has 0 saturated carbocycles. The summed E-state index contributed by atoms with van der Waals surface area (Å²) in [5, 5.41) is 3.08. The molecule has 10 heavy (non-hydrogen) atoms. The summed E-state index contributed by atoms with van der Waals surface area (Å²) in [5.74, 6) is 0.208. The van der Waals surface area contributed by atoms with Gasteiger partial charge in [-0.15, -0.1) is 0 Å². The number of methoxy groups -OCH3 is 1. The summed E-state index contributed by atoms with van der Waals surface area (Å²) in [5.41, 5.74) is 0. The van der Waals surface area contributed by atoms with E-state index in [0.29, 0.717) is 0 Å². The van der Waals surface area contributed by atoms with Crippen LogP contribution in [-0.4, -0.2) is 31.6 Å². The van der Waals surface area contributed by atoms with E-state index in [2.05, 4.69) is 5.32 Å². The molecule has 0 aliphatic carbocycles. The predicted octanol–water partition coefficient (Wildman–Crippen LogP) is -0.0477. The second-order valence-electron chi connectivity index (χ2n) is 2.66. The van der Waals surface area contributed by atoms with E-state index in [0.717, 1.165) is 13.0 Å². The van der Waals surface area contributed by atoms with Crippen LogP contribution in [0.4, 0.5) is 0 Å². The second-order valence-corrected chi connectivity index (χ2v) is 2.66. The Morgan fingerprint density at radius 2 is 2.40 bits per heavy atom. The first-order valence-electron chi connectivity index (χ1n) is 3.50. The van der Waals surface area contributed by atoms with Crippen molar-refractivity contribution in [3.63, 3.8) is 0 Å². The van der Waals surface area contributed by atoms with Crippen LogP contribution in [0.25, 0.3) is 0 Å². The molecule has 3 nitrogen and oxygen atoms in total. The van der Waals surface area contributed by atoms with E-state index in [-0.39, 0.29) is 17.9 Å². The number of ether oxygens (including phenoxy) is 1. The number of rotatable bonds is 2. The Morgan fingerprint density at radius 1 is 1.70 bits per heavy atom. The minimum atomic E-state index is 0.0324. The number of carbonyl (C=O) groups is 1. The minimum absolute atomic E-state index is 0.0324. The fourth-order valence-corrected chi connectivity index (χ4v) is 1.19. The molecule has 58 valence electrons. The van der Waals surface area contributed by atoms with Crippen LogP contribution in [-0.2, 0) is 9.53 Å². The van der Waals surface area contributed by atoms with Gasteiger partial charge in [0.2, 0.25) is 0 Å². The number of carbonyl (C=O) groups excluding carboxylic acids is 1. The fraction of sp³-hybridized carbons (Fsp3) is 0.857. The summed E-state index contributed by atoms with van der Waals surface area (Å²) in [7, 11) is 1.68. The molecular weight excluding hydrogens is 130 g/mol. The van der Waals surface area contributed by atoms with Crippen molar-refractivity contribution < 1.29 is 9.53 Å².